The summed E-state index contributed by atoms with van der Waals surface area (Å²) < 4.78 is 4.45. The van der Waals surface area contributed by atoms with Crippen LogP contribution in [0.2, 0.25) is 0 Å². The molecule has 0 aromatic carbocycles. The quantitative estimate of drug-likeness (QED) is 0.641. The molecular weight excluding hydrogens is 182 g/mol. The highest BCUT2D eigenvalue weighted by Gasteiger charge is 2.34. The van der Waals surface area contributed by atoms with Gasteiger partial charge >= 0.3 is 5.97 Å². The number of nitrogens with two attached hydrogens (primary N) is 1. The minimum Gasteiger partial charge on any atom is -0.467 e. The molecule has 1 aliphatic carbocycles. The number of methoxy groups -OCH3 is 1. The van der Waals surface area contributed by atoms with Crippen LogP contribution in [0.5, 0.6) is 0 Å². The number of hydrogen-bond donors (Lipinski definition) is 2. The van der Waals surface area contributed by atoms with Gasteiger partial charge in [0.1, 0.15) is 0 Å². The van der Waals surface area contributed by atoms with Crippen LogP contribution < -0.4 is 5.73 Å². The zero-order valence-electron chi connectivity index (χ0n) is 8.77. The van der Waals surface area contributed by atoms with E-state index in [0.717, 1.165) is 12.8 Å². The van der Waals surface area contributed by atoms with E-state index < -0.39 is 18.1 Å². The second-order valence-corrected chi connectivity index (χ2v) is 4.10. The minimum atomic E-state index is -1.18. The maximum Gasteiger partial charge on any atom is 0.336 e. The van der Waals surface area contributed by atoms with Crippen LogP contribution in [0.1, 0.15) is 26.2 Å². The Hall–Kier alpha value is -0.610. The summed E-state index contributed by atoms with van der Waals surface area (Å²) in [6, 6.07) is -0.507. The normalized spacial score (nSPS) is 23.4. The van der Waals surface area contributed by atoms with E-state index in [0.29, 0.717) is 5.92 Å². The van der Waals surface area contributed by atoms with Gasteiger partial charge in [0.2, 0.25) is 0 Å². The minimum absolute atomic E-state index is 0.179. The van der Waals surface area contributed by atoms with Crippen molar-refractivity contribution in [3.8, 4) is 0 Å². The molecule has 4 heteroatoms. The van der Waals surface area contributed by atoms with E-state index in [1.165, 1.54) is 13.5 Å². The molecule has 1 aliphatic rings. The van der Waals surface area contributed by atoms with Crippen molar-refractivity contribution in [3.05, 3.63) is 0 Å². The van der Waals surface area contributed by atoms with Crippen LogP contribution >= 0.6 is 0 Å². The van der Waals surface area contributed by atoms with E-state index in [4.69, 9.17) is 5.73 Å². The van der Waals surface area contributed by atoms with Crippen molar-refractivity contribution in [3.63, 3.8) is 0 Å². The predicted molar refractivity (Wildman–Crippen MR) is 52.5 cm³/mol. The molecule has 0 radical (unpaired) electrons. The Morgan fingerprint density at radius 3 is 2.50 bits per heavy atom. The van der Waals surface area contributed by atoms with Crippen molar-refractivity contribution in [2.24, 2.45) is 17.6 Å². The lowest BCUT2D eigenvalue weighted by Crippen LogP contribution is -2.48. The summed E-state index contributed by atoms with van der Waals surface area (Å²) in [6.07, 6.45) is 2.36. The summed E-state index contributed by atoms with van der Waals surface area (Å²) in [5.41, 5.74) is 5.80. The molecule has 3 N–H and O–H groups in total. The molecule has 0 spiro atoms. The van der Waals surface area contributed by atoms with Crippen molar-refractivity contribution in [2.45, 2.75) is 38.3 Å². The predicted octanol–water partition coefficient (Wildman–Crippen LogP) is 0.284. The number of aliphatic hydroxyl groups excluding tert-OH is 1. The molecule has 2 unspecified atom stereocenters. The summed E-state index contributed by atoms with van der Waals surface area (Å²) in [5, 5.41) is 9.53. The Labute approximate surface area is 84.4 Å². The Morgan fingerprint density at radius 1 is 1.57 bits per heavy atom. The van der Waals surface area contributed by atoms with Gasteiger partial charge in [-0.25, -0.2) is 4.79 Å². The Kier molecular flexibility index (Phi) is 3.89. The third-order valence-corrected chi connectivity index (χ3v) is 3.31. The molecule has 0 aliphatic heterocycles. The largest absolute Gasteiger partial charge is 0.467 e. The summed E-state index contributed by atoms with van der Waals surface area (Å²) >= 11 is 0. The molecule has 0 saturated heterocycles. The van der Waals surface area contributed by atoms with Gasteiger partial charge < -0.3 is 15.6 Å². The molecule has 82 valence electrons. The molecule has 0 amide bonds. The smallest absolute Gasteiger partial charge is 0.336 e. The van der Waals surface area contributed by atoms with Crippen LogP contribution in [0.3, 0.4) is 0 Å². The number of carbonyl (C=O) groups excluding carboxylic acids is 1. The zero-order chi connectivity index (χ0) is 10.7. The number of esters is 1. The molecule has 1 rings (SSSR count). The first-order chi connectivity index (χ1) is 6.57. The van der Waals surface area contributed by atoms with E-state index >= 15 is 0 Å². The van der Waals surface area contributed by atoms with E-state index in [-0.39, 0.29) is 5.92 Å². The van der Waals surface area contributed by atoms with Crippen molar-refractivity contribution in [1.29, 1.82) is 0 Å². The Balaban J connectivity index is 2.45. The van der Waals surface area contributed by atoms with Crippen LogP contribution in [0, 0.1) is 11.8 Å². The zero-order valence-corrected chi connectivity index (χ0v) is 8.77. The SMILES string of the molecule is COC(=O)C(O)C(N)[C@H](C)C1CCC1. The van der Waals surface area contributed by atoms with Crippen LogP contribution in [-0.2, 0) is 9.53 Å². The summed E-state index contributed by atoms with van der Waals surface area (Å²) in [4.78, 5) is 11.0. The maximum atomic E-state index is 11.0. The van der Waals surface area contributed by atoms with Crippen LogP contribution in [-0.4, -0.2) is 30.3 Å². The van der Waals surface area contributed by atoms with Gasteiger partial charge in [-0.3, -0.25) is 0 Å². The fourth-order valence-corrected chi connectivity index (χ4v) is 1.85. The van der Waals surface area contributed by atoms with Crippen molar-refractivity contribution >= 4 is 5.97 Å². The average molecular weight is 201 g/mol. The third kappa shape index (κ3) is 2.25. The van der Waals surface area contributed by atoms with Crippen molar-refractivity contribution < 1.29 is 14.6 Å². The molecule has 4 nitrogen and oxygen atoms in total. The monoisotopic (exact) mass is 201 g/mol. The standard InChI is InChI=1S/C10H19NO3/c1-6(7-4-3-5-7)8(11)9(12)10(13)14-2/h6-9,12H,3-5,11H2,1-2H3/t6-,8?,9?/m1/s1. The van der Waals surface area contributed by atoms with Gasteiger partial charge in [-0.15, -0.1) is 0 Å². The van der Waals surface area contributed by atoms with Gasteiger partial charge in [0.15, 0.2) is 6.10 Å². The number of carbonyl (C=O) groups is 1. The molecule has 1 fully saturated rings. The lowest BCUT2D eigenvalue weighted by Gasteiger charge is -2.35. The Morgan fingerprint density at radius 2 is 2.14 bits per heavy atom. The van der Waals surface area contributed by atoms with Gasteiger partial charge in [-0.1, -0.05) is 26.2 Å². The first-order valence-electron chi connectivity index (χ1n) is 5.09. The van der Waals surface area contributed by atoms with Crippen molar-refractivity contribution in [2.75, 3.05) is 7.11 Å². The number of aliphatic hydroxyl groups is 1. The van der Waals surface area contributed by atoms with Crippen LogP contribution in [0.15, 0.2) is 0 Å². The summed E-state index contributed by atoms with van der Waals surface area (Å²) in [6.45, 7) is 1.99. The number of ether oxygens (including phenoxy) is 1. The molecule has 0 bridgehead atoms. The fourth-order valence-electron chi connectivity index (χ4n) is 1.85. The molecule has 1 saturated carbocycles. The van der Waals surface area contributed by atoms with Crippen LogP contribution in [0.25, 0.3) is 0 Å². The second kappa shape index (κ2) is 4.75. The fraction of sp³-hybridized carbons (Fsp3) is 0.900. The lowest BCUT2D eigenvalue weighted by atomic mass is 9.73. The molecule has 14 heavy (non-hydrogen) atoms. The van der Waals surface area contributed by atoms with Gasteiger partial charge in [-0.2, -0.15) is 0 Å². The average Bonchev–Trinajstić information content (AvgIpc) is 2.11. The van der Waals surface area contributed by atoms with E-state index in [1.807, 2.05) is 6.92 Å². The lowest BCUT2D eigenvalue weighted by molar-refractivity contribution is -0.152. The van der Waals surface area contributed by atoms with Gasteiger partial charge in [0.25, 0.3) is 0 Å². The summed E-state index contributed by atoms with van der Waals surface area (Å²) in [5.74, 6) is 0.103. The highest BCUT2D eigenvalue weighted by atomic mass is 16.5. The third-order valence-electron chi connectivity index (χ3n) is 3.31. The molecule has 0 heterocycles. The molecule has 0 aromatic rings. The molecular formula is C10H19NO3. The van der Waals surface area contributed by atoms with Gasteiger partial charge in [0, 0.05) is 6.04 Å². The van der Waals surface area contributed by atoms with Crippen LogP contribution in [0.4, 0.5) is 0 Å². The highest BCUT2D eigenvalue weighted by Crippen LogP contribution is 2.35. The topological polar surface area (TPSA) is 72.5 Å². The van der Waals surface area contributed by atoms with Gasteiger partial charge in [0.05, 0.1) is 7.11 Å². The summed E-state index contributed by atoms with van der Waals surface area (Å²) in [7, 11) is 1.26. The maximum absolute atomic E-state index is 11.0. The van der Waals surface area contributed by atoms with Crippen molar-refractivity contribution in [1.82, 2.24) is 0 Å². The Bertz CT molecular complexity index is 204. The molecule has 3 atom stereocenters. The molecule has 0 aromatic heterocycles. The van der Waals surface area contributed by atoms with E-state index in [9.17, 15) is 9.90 Å². The first kappa shape index (κ1) is 11.5. The van der Waals surface area contributed by atoms with E-state index in [2.05, 4.69) is 4.74 Å². The van der Waals surface area contributed by atoms with E-state index in [1.54, 1.807) is 0 Å². The highest BCUT2D eigenvalue weighted by molar-refractivity contribution is 5.75. The second-order valence-electron chi connectivity index (χ2n) is 4.10. The number of hydrogen-bond acceptors (Lipinski definition) is 4. The van der Waals surface area contributed by atoms with Gasteiger partial charge in [-0.05, 0) is 11.8 Å². The first-order valence-corrected chi connectivity index (χ1v) is 5.09. The number of rotatable bonds is 4.